The fraction of sp³-hybridized carbons (Fsp3) is 0.429. The number of methoxy groups -OCH3 is 2. The van der Waals surface area contributed by atoms with Crippen LogP contribution in [0.3, 0.4) is 0 Å². The highest BCUT2D eigenvalue weighted by molar-refractivity contribution is 5.51. The predicted octanol–water partition coefficient (Wildman–Crippen LogP) is 1.24. The van der Waals surface area contributed by atoms with Crippen molar-refractivity contribution in [3.63, 3.8) is 0 Å². The van der Waals surface area contributed by atoms with Gasteiger partial charge >= 0.3 is 0 Å². The Morgan fingerprint density at radius 1 is 1.05 bits per heavy atom. The smallest absolute Gasteiger partial charge is 0.219 e. The van der Waals surface area contributed by atoms with E-state index in [1.807, 2.05) is 6.07 Å². The average Bonchev–Trinajstić information content (AvgIpc) is 2.95. The first kappa shape index (κ1) is 15.1. The van der Waals surface area contributed by atoms with Gasteiger partial charge in [0, 0.05) is 6.42 Å². The number of aliphatic hydroxyl groups is 1. The number of hydrogen-bond acceptors (Lipinski definition) is 7. The molecule has 0 atom stereocenters. The van der Waals surface area contributed by atoms with E-state index < -0.39 is 0 Å². The number of nitrogens with zero attached hydrogens (tertiary/aromatic N) is 2. The Morgan fingerprint density at radius 2 is 1.67 bits per heavy atom. The van der Waals surface area contributed by atoms with Crippen LogP contribution in [0, 0.1) is 0 Å². The van der Waals surface area contributed by atoms with Gasteiger partial charge in [-0.2, -0.15) is 0 Å². The average molecular weight is 294 g/mol. The number of aromatic nitrogens is 2. The molecule has 0 saturated heterocycles. The summed E-state index contributed by atoms with van der Waals surface area (Å²) in [5, 5.41) is 16.5. The van der Waals surface area contributed by atoms with Gasteiger partial charge in [-0.25, -0.2) is 0 Å². The molecule has 2 aromatic rings. The van der Waals surface area contributed by atoms with Gasteiger partial charge in [-0.15, -0.1) is 10.2 Å². The highest BCUT2D eigenvalue weighted by atomic mass is 16.5. The van der Waals surface area contributed by atoms with Gasteiger partial charge in [-0.1, -0.05) is 6.07 Å². The van der Waals surface area contributed by atoms with Crippen molar-refractivity contribution in [2.45, 2.75) is 12.8 Å². The molecular weight excluding hydrogens is 276 g/mol. The Kier molecular flexibility index (Phi) is 5.39. The van der Waals surface area contributed by atoms with E-state index in [0.29, 0.717) is 48.5 Å². The lowest BCUT2D eigenvalue weighted by Crippen LogP contribution is -2.04. The van der Waals surface area contributed by atoms with Gasteiger partial charge in [-0.3, -0.25) is 0 Å². The van der Waals surface area contributed by atoms with Crippen molar-refractivity contribution in [1.29, 1.82) is 0 Å². The molecule has 0 fully saturated rings. The molecule has 0 aliphatic rings. The van der Waals surface area contributed by atoms with Crippen LogP contribution in [-0.2, 0) is 12.8 Å². The Hall–Kier alpha value is -2.28. The Bertz CT molecular complexity index is 548. The van der Waals surface area contributed by atoms with Crippen molar-refractivity contribution in [2.75, 3.05) is 27.4 Å². The van der Waals surface area contributed by atoms with Gasteiger partial charge in [0.2, 0.25) is 17.5 Å². The lowest BCUT2D eigenvalue weighted by atomic mass is 10.3. The highest BCUT2D eigenvalue weighted by Crippen LogP contribution is 2.36. The zero-order valence-electron chi connectivity index (χ0n) is 12.0. The topological polar surface area (TPSA) is 86.8 Å². The molecule has 0 spiro atoms. The van der Waals surface area contributed by atoms with E-state index in [-0.39, 0.29) is 6.61 Å². The molecule has 0 saturated carbocycles. The SMILES string of the molecule is COc1cccc(OC)c1OCCc1nnc(CCO)o1. The number of hydrogen-bond donors (Lipinski definition) is 1. The summed E-state index contributed by atoms with van der Waals surface area (Å²) in [4.78, 5) is 0. The molecule has 114 valence electrons. The molecule has 1 aromatic carbocycles. The van der Waals surface area contributed by atoms with Crippen LogP contribution in [-0.4, -0.2) is 42.7 Å². The summed E-state index contributed by atoms with van der Waals surface area (Å²) in [6.07, 6.45) is 0.813. The van der Waals surface area contributed by atoms with Gasteiger partial charge in [0.05, 0.1) is 33.9 Å². The van der Waals surface area contributed by atoms with Gasteiger partial charge in [0.1, 0.15) is 0 Å². The van der Waals surface area contributed by atoms with Crippen molar-refractivity contribution >= 4 is 0 Å². The van der Waals surface area contributed by atoms with E-state index in [0.717, 1.165) is 0 Å². The fourth-order valence-electron chi connectivity index (χ4n) is 1.79. The second kappa shape index (κ2) is 7.49. The maximum Gasteiger partial charge on any atom is 0.219 e. The molecule has 21 heavy (non-hydrogen) atoms. The molecule has 0 aliphatic carbocycles. The predicted molar refractivity (Wildman–Crippen MR) is 73.8 cm³/mol. The van der Waals surface area contributed by atoms with E-state index in [2.05, 4.69) is 10.2 Å². The van der Waals surface area contributed by atoms with Crippen molar-refractivity contribution in [1.82, 2.24) is 10.2 Å². The molecule has 1 heterocycles. The Labute approximate surface area is 122 Å². The molecule has 1 aromatic heterocycles. The molecule has 1 N–H and O–H groups in total. The van der Waals surface area contributed by atoms with Crippen LogP contribution < -0.4 is 14.2 Å². The van der Waals surface area contributed by atoms with E-state index in [1.54, 1.807) is 26.4 Å². The van der Waals surface area contributed by atoms with Gasteiger partial charge in [-0.05, 0) is 12.1 Å². The largest absolute Gasteiger partial charge is 0.493 e. The Balaban J connectivity index is 1.96. The molecule has 0 radical (unpaired) electrons. The third-order valence-corrected chi connectivity index (χ3v) is 2.78. The van der Waals surface area contributed by atoms with Crippen LogP contribution in [0.5, 0.6) is 17.2 Å². The van der Waals surface area contributed by atoms with Crippen LogP contribution in [0.25, 0.3) is 0 Å². The number of ether oxygens (including phenoxy) is 3. The minimum Gasteiger partial charge on any atom is -0.493 e. The summed E-state index contributed by atoms with van der Waals surface area (Å²) in [5.41, 5.74) is 0. The molecule has 0 amide bonds. The quantitative estimate of drug-likeness (QED) is 0.783. The molecule has 0 aliphatic heterocycles. The monoisotopic (exact) mass is 294 g/mol. The lowest BCUT2D eigenvalue weighted by molar-refractivity contribution is 0.263. The van der Waals surface area contributed by atoms with Crippen molar-refractivity contribution < 1.29 is 23.7 Å². The summed E-state index contributed by atoms with van der Waals surface area (Å²) in [7, 11) is 3.14. The van der Waals surface area contributed by atoms with Crippen molar-refractivity contribution in [3.05, 3.63) is 30.0 Å². The molecule has 7 nitrogen and oxygen atoms in total. The van der Waals surface area contributed by atoms with E-state index in [9.17, 15) is 0 Å². The number of aliphatic hydroxyl groups excluding tert-OH is 1. The molecular formula is C14H18N2O5. The first-order chi connectivity index (χ1) is 10.3. The van der Waals surface area contributed by atoms with Gasteiger partial charge < -0.3 is 23.7 Å². The maximum absolute atomic E-state index is 8.79. The zero-order valence-corrected chi connectivity index (χ0v) is 12.0. The summed E-state index contributed by atoms with van der Waals surface area (Å²) in [6, 6.07) is 5.41. The summed E-state index contributed by atoms with van der Waals surface area (Å²) < 4.78 is 21.5. The molecule has 2 rings (SSSR count). The van der Waals surface area contributed by atoms with E-state index in [4.69, 9.17) is 23.7 Å². The zero-order chi connectivity index (χ0) is 15.1. The van der Waals surface area contributed by atoms with Crippen molar-refractivity contribution in [2.24, 2.45) is 0 Å². The fourth-order valence-corrected chi connectivity index (χ4v) is 1.79. The van der Waals surface area contributed by atoms with Gasteiger partial charge in [0.25, 0.3) is 0 Å². The molecule has 0 unspecified atom stereocenters. The second-order valence-corrected chi connectivity index (χ2v) is 4.15. The lowest BCUT2D eigenvalue weighted by Gasteiger charge is -2.13. The van der Waals surface area contributed by atoms with Crippen LogP contribution in [0.15, 0.2) is 22.6 Å². The summed E-state index contributed by atoms with van der Waals surface area (Å²) in [5.74, 6) is 2.62. The first-order valence-electron chi connectivity index (χ1n) is 6.54. The Morgan fingerprint density at radius 3 is 2.24 bits per heavy atom. The summed E-state index contributed by atoms with van der Waals surface area (Å²) >= 11 is 0. The number of benzene rings is 1. The molecule has 7 heteroatoms. The van der Waals surface area contributed by atoms with Crippen LogP contribution in [0.1, 0.15) is 11.8 Å². The van der Waals surface area contributed by atoms with Crippen LogP contribution in [0.2, 0.25) is 0 Å². The first-order valence-corrected chi connectivity index (χ1v) is 6.54. The minimum atomic E-state index is -0.0173. The van der Waals surface area contributed by atoms with E-state index >= 15 is 0 Å². The van der Waals surface area contributed by atoms with Crippen molar-refractivity contribution in [3.8, 4) is 17.2 Å². The van der Waals surface area contributed by atoms with E-state index in [1.165, 1.54) is 0 Å². The molecule has 0 bridgehead atoms. The highest BCUT2D eigenvalue weighted by Gasteiger charge is 2.12. The minimum absolute atomic E-state index is 0.0173. The number of para-hydroxylation sites is 1. The second-order valence-electron chi connectivity index (χ2n) is 4.15. The van der Waals surface area contributed by atoms with Crippen LogP contribution in [0.4, 0.5) is 0 Å². The third kappa shape index (κ3) is 3.85. The van der Waals surface area contributed by atoms with Gasteiger partial charge in [0.15, 0.2) is 11.5 Å². The third-order valence-electron chi connectivity index (χ3n) is 2.78. The summed E-state index contributed by atoms with van der Waals surface area (Å²) in [6.45, 7) is 0.327. The standard InChI is InChI=1S/C14H18N2O5/c1-18-10-4-3-5-11(19-2)14(10)20-9-7-13-16-15-12(21-13)6-8-17/h3-5,17H,6-9H2,1-2H3. The number of rotatable bonds is 8. The normalized spacial score (nSPS) is 10.4. The maximum atomic E-state index is 8.79. The van der Waals surface area contributed by atoms with Crippen LogP contribution >= 0.6 is 0 Å².